The average Bonchev–Trinajstić information content (AvgIpc) is 2.65. The third-order valence-electron chi connectivity index (χ3n) is 4.93. The zero-order chi connectivity index (χ0) is 22.6. The molecule has 2 rings (SSSR count). The number of hydrogen-bond acceptors (Lipinski definition) is 5. The highest BCUT2D eigenvalue weighted by Crippen LogP contribution is 2.23. The smallest absolute Gasteiger partial charge is 0.338 e. The summed E-state index contributed by atoms with van der Waals surface area (Å²) in [7, 11) is 0. The maximum atomic E-state index is 12.7. The Hall–Kier alpha value is -3.48. The second-order valence-electron chi connectivity index (χ2n) is 7.28. The van der Waals surface area contributed by atoms with Crippen molar-refractivity contribution >= 4 is 34.9 Å². The normalized spacial score (nSPS) is 10.3. The molecule has 0 fully saturated rings. The molecule has 0 aliphatic rings. The number of esters is 1. The lowest BCUT2D eigenvalue weighted by molar-refractivity contribution is -0.115. The molecule has 0 spiro atoms. The van der Waals surface area contributed by atoms with Gasteiger partial charge in [0.25, 0.3) is 0 Å². The third-order valence-corrected chi connectivity index (χ3v) is 4.93. The van der Waals surface area contributed by atoms with Gasteiger partial charge in [-0.3, -0.25) is 14.4 Å². The predicted octanol–water partition coefficient (Wildman–Crippen LogP) is 3.88. The highest BCUT2D eigenvalue weighted by molar-refractivity contribution is 6.02. The van der Waals surface area contributed by atoms with E-state index in [2.05, 4.69) is 10.6 Å². The second-order valence-corrected chi connectivity index (χ2v) is 7.28. The van der Waals surface area contributed by atoms with E-state index < -0.39 is 12.6 Å². The van der Waals surface area contributed by atoms with Gasteiger partial charge >= 0.3 is 5.97 Å². The van der Waals surface area contributed by atoms with Gasteiger partial charge in [0, 0.05) is 30.8 Å². The molecule has 7 nitrogen and oxygen atoms in total. The van der Waals surface area contributed by atoms with Crippen molar-refractivity contribution in [2.45, 2.75) is 41.5 Å². The summed E-state index contributed by atoms with van der Waals surface area (Å²) in [5.74, 6) is -1.69. The van der Waals surface area contributed by atoms with E-state index in [0.29, 0.717) is 16.9 Å². The predicted molar refractivity (Wildman–Crippen MR) is 115 cm³/mol. The lowest BCUT2D eigenvalue weighted by Gasteiger charge is -2.14. The van der Waals surface area contributed by atoms with Crippen LogP contribution in [0.2, 0.25) is 0 Å². The van der Waals surface area contributed by atoms with Crippen molar-refractivity contribution < 1.29 is 23.9 Å². The van der Waals surface area contributed by atoms with Crippen LogP contribution >= 0.6 is 0 Å². The first kappa shape index (κ1) is 22.8. The molecule has 2 aromatic rings. The van der Waals surface area contributed by atoms with Crippen molar-refractivity contribution in [3.05, 3.63) is 57.6 Å². The van der Waals surface area contributed by atoms with Crippen molar-refractivity contribution in [2.75, 3.05) is 17.2 Å². The van der Waals surface area contributed by atoms with Crippen LogP contribution in [0.5, 0.6) is 0 Å². The molecule has 2 N–H and O–H groups in total. The fourth-order valence-corrected chi connectivity index (χ4v) is 3.09. The molecule has 2 amide bonds. The Kier molecular flexibility index (Phi) is 7.10. The fourth-order valence-electron chi connectivity index (χ4n) is 3.09. The molecule has 0 heterocycles. The van der Waals surface area contributed by atoms with Crippen molar-refractivity contribution in [3.63, 3.8) is 0 Å². The van der Waals surface area contributed by atoms with Crippen LogP contribution < -0.4 is 10.6 Å². The van der Waals surface area contributed by atoms with Gasteiger partial charge in [0.05, 0.1) is 5.56 Å². The molecule has 0 aliphatic heterocycles. The van der Waals surface area contributed by atoms with Crippen LogP contribution in [0.4, 0.5) is 11.4 Å². The first-order chi connectivity index (χ1) is 14.0. The van der Waals surface area contributed by atoms with E-state index >= 15 is 0 Å². The van der Waals surface area contributed by atoms with Crippen LogP contribution in [0.3, 0.4) is 0 Å². The maximum absolute atomic E-state index is 12.7. The minimum absolute atomic E-state index is 0.103. The Morgan fingerprint density at radius 3 is 1.80 bits per heavy atom. The zero-order valence-electron chi connectivity index (χ0n) is 18.1. The number of Topliss-reactive ketones (excluding diaryl/α,β-unsaturated/α-hetero) is 1. The SMILES string of the molecule is CC(=O)Nc1cc(NC(C)=O)cc(C(=O)OCC(=O)c2cc(C)c(C)c(C)c2C)c1. The summed E-state index contributed by atoms with van der Waals surface area (Å²) in [6, 6.07) is 6.17. The highest BCUT2D eigenvalue weighted by atomic mass is 16.5. The summed E-state index contributed by atoms with van der Waals surface area (Å²) in [6.45, 7) is 10.00. The quantitative estimate of drug-likeness (QED) is 0.556. The number of aryl methyl sites for hydroxylation is 1. The summed E-state index contributed by atoms with van der Waals surface area (Å²) >= 11 is 0. The van der Waals surface area contributed by atoms with Crippen molar-refractivity contribution in [1.82, 2.24) is 0 Å². The van der Waals surface area contributed by atoms with Gasteiger partial charge in [-0.05, 0) is 74.2 Å². The van der Waals surface area contributed by atoms with Gasteiger partial charge in [0.15, 0.2) is 6.61 Å². The molecule has 0 radical (unpaired) electrons. The Bertz CT molecular complexity index is 1010. The van der Waals surface area contributed by atoms with E-state index in [4.69, 9.17) is 4.74 Å². The largest absolute Gasteiger partial charge is 0.454 e. The molecule has 0 aliphatic carbocycles. The van der Waals surface area contributed by atoms with E-state index in [1.807, 2.05) is 27.7 Å². The van der Waals surface area contributed by atoms with Gasteiger partial charge < -0.3 is 15.4 Å². The summed E-state index contributed by atoms with van der Waals surface area (Å²) in [4.78, 5) is 47.9. The summed E-state index contributed by atoms with van der Waals surface area (Å²) in [5.41, 5.74) is 5.30. The molecular weight excluding hydrogens is 384 g/mol. The number of anilines is 2. The number of amides is 2. The molecule has 2 aromatic carbocycles. The minimum Gasteiger partial charge on any atom is -0.454 e. The van der Waals surface area contributed by atoms with Crippen LogP contribution in [0, 0.1) is 27.7 Å². The minimum atomic E-state index is -0.736. The Morgan fingerprint density at radius 2 is 1.30 bits per heavy atom. The van der Waals surface area contributed by atoms with Gasteiger partial charge in [-0.25, -0.2) is 4.79 Å². The van der Waals surface area contributed by atoms with Crippen molar-refractivity contribution in [1.29, 1.82) is 0 Å². The van der Waals surface area contributed by atoms with Gasteiger partial charge in [-0.2, -0.15) is 0 Å². The number of carbonyl (C=O) groups is 4. The van der Waals surface area contributed by atoms with E-state index in [1.165, 1.54) is 32.0 Å². The molecule has 0 atom stereocenters. The molecule has 7 heteroatoms. The van der Waals surface area contributed by atoms with Gasteiger partial charge in [0.1, 0.15) is 0 Å². The van der Waals surface area contributed by atoms with Crippen LogP contribution in [0.15, 0.2) is 24.3 Å². The Labute approximate surface area is 175 Å². The van der Waals surface area contributed by atoms with E-state index in [0.717, 1.165) is 22.3 Å². The maximum Gasteiger partial charge on any atom is 0.338 e. The Morgan fingerprint density at radius 1 is 0.767 bits per heavy atom. The summed E-state index contributed by atoms with van der Waals surface area (Å²) in [5, 5.41) is 5.13. The molecule has 30 heavy (non-hydrogen) atoms. The number of nitrogens with one attached hydrogen (secondary N) is 2. The highest BCUT2D eigenvalue weighted by Gasteiger charge is 2.17. The van der Waals surface area contributed by atoms with Gasteiger partial charge in [-0.15, -0.1) is 0 Å². The van der Waals surface area contributed by atoms with E-state index in [1.54, 1.807) is 6.07 Å². The Balaban J connectivity index is 2.22. The summed E-state index contributed by atoms with van der Waals surface area (Å²) in [6.07, 6.45) is 0. The second kappa shape index (κ2) is 9.35. The van der Waals surface area contributed by atoms with Crippen molar-refractivity contribution in [3.8, 4) is 0 Å². The molecule has 158 valence electrons. The molecule has 0 bridgehead atoms. The molecule has 0 saturated heterocycles. The first-order valence-electron chi connectivity index (χ1n) is 9.47. The molecular formula is C23H26N2O5. The third kappa shape index (κ3) is 5.53. The lowest BCUT2D eigenvalue weighted by Crippen LogP contribution is -2.17. The van der Waals surface area contributed by atoms with Crippen LogP contribution in [-0.4, -0.2) is 30.2 Å². The topological polar surface area (TPSA) is 102 Å². The molecule has 0 saturated carbocycles. The van der Waals surface area contributed by atoms with Gasteiger partial charge in [0.2, 0.25) is 17.6 Å². The summed E-state index contributed by atoms with van der Waals surface area (Å²) < 4.78 is 5.22. The number of benzene rings is 2. The molecule has 0 aromatic heterocycles. The number of ether oxygens (including phenoxy) is 1. The number of carbonyl (C=O) groups excluding carboxylic acids is 4. The lowest BCUT2D eigenvalue weighted by atomic mass is 9.93. The average molecular weight is 410 g/mol. The number of rotatable bonds is 6. The fraction of sp³-hybridized carbons (Fsp3) is 0.304. The van der Waals surface area contributed by atoms with Crippen LogP contribution in [0.25, 0.3) is 0 Å². The van der Waals surface area contributed by atoms with E-state index in [9.17, 15) is 19.2 Å². The van der Waals surface area contributed by atoms with E-state index in [-0.39, 0.29) is 23.2 Å². The monoisotopic (exact) mass is 410 g/mol. The molecule has 0 unspecified atom stereocenters. The zero-order valence-corrected chi connectivity index (χ0v) is 18.1. The first-order valence-corrected chi connectivity index (χ1v) is 9.47. The van der Waals surface area contributed by atoms with Gasteiger partial charge in [-0.1, -0.05) is 0 Å². The van der Waals surface area contributed by atoms with Crippen molar-refractivity contribution in [2.24, 2.45) is 0 Å². The van der Waals surface area contributed by atoms with Crippen LogP contribution in [-0.2, 0) is 14.3 Å². The standard InChI is InChI=1S/C23H26N2O5/c1-12-7-21(15(4)14(3)13(12)2)22(28)11-30-23(29)18-8-19(24-16(5)26)10-20(9-18)25-17(6)27/h7-10H,11H2,1-6H3,(H,24,26)(H,25,27). The number of hydrogen-bond donors (Lipinski definition) is 2. The number of ketones is 1. The van der Waals surface area contributed by atoms with Crippen LogP contribution in [0.1, 0.15) is 56.8 Å².